The summed E-state index contributed by atoms with van der Waals surface area (Å²) in [4.78, 5) is 20.2. The molecule has 2 atom stereocenters. The maximum atomic E-state index is 12.4. The number of imidazole rings is 1. The summed E-state index contributed by atoms with van der Waals surface area (Å²) in [5, 5.41) is 2.92. The number of nitrogens with one attached hydrogen (secondary N) is 2. The second kappa shape index (κ2) is 7.78. The molecule has 0 saturated heterocycles. The number of ether oxygens (including phenoxy) is 2. The quantitative estimate of drug-likeness (QED) is 0.635. The van der Waals surface area contributed by atoms with Crippen molar-refractivity contribution in [3.63, 3.8) is 0 Å². The number of fused-ring (bicyclic) bond motifs is 1. The minimum Gasteiger partial charge on any atom is -0.497 e. The summed E-state index contributed by atoms with van der Waals surface area (Å²) in [5.41, 5.74) is 1.68. The highest BCUT2D eigenvalue weighted by atomic mass is 79.9. The molecule has 0 aliphatic rings. The van der Waals surface area contributed by atoms with E-state index in [2.05, 4.69) is 31.2 Å². The molecule has 1 aromatic heterocycles. The molecule has 2 unspecified atom stereocenters. The number of para-hydroxylation sites is 1. The molecule has 26 heavy (non-hydrogen) atoms. The Morgan fingerprint density at radius 1 is 1.23 bits per heavy atom. The second-order valence-electron chi connectivity index (χ2n) is 5.93. The molecule has 3 aromatic rings. The van der Waals surface area contributed by atoms with Crippen molar-refractivity contribution in [2.75, 3.05) is 7.11 Å². The van der Waals surface area contributed by atoms with Gasteiger partial charge in [-0.2, -0.15) is 0 Å². The van der Waals surface area contributed by atoms with Gasteiger partial charge in [0.25, 0.3) is 5.91 Å². The van der Waals surface area contributed by atoms with Gasteiger partial charge < -0.3 is 19.8 Å². The van der Waals surface area contributed by atoms with Crippen molar-refractivity contribution in [3.8, 4) is 11.5 Å². The van der Waals surface area contributed by atoms with Crippen LogP contribution in [0, 0.1) is 0 Å². The zero-order valence-electron chi connectivity index (χ0n) is 14.7. The molecule has 0 aliphatic heterocycles. The van der Waals surface area contributed by atoms with Crippen molar-refractivity contribution in [1.29, 1.82) is 0 Å². The fraction of sp³-hybridized carbons (Fsp3) is 0.263. The smallest absolute Gasteiger partial charge is 0.261 e. The van der Waals surface area contributed by atoms with Gasteiger partial charge in [-0.25, -0.2) is 4.98 Å². The number of aromatic amines is 1. The lowest BCUT2D eigenvalue weighted by Gasteiger charge is -2.18. The lowest BCUT2D eigenvalue weighted by Crippen LogP contribution is -2.38. The molecule has 6 nitrogen and oxygen atoms in total. The number of amides is 1. The summed E-state index contributed by atoms with van der Waals surface area (Å²) >= 11 is 3.41. The molecule has 0 aliphatic carbocycles. The number of H-pyrrole nitrogens is 1. The molecule has 0 radical (unpaired) electrons. The predicted octanol–water partition coefficient (Wildman–Crippen LogP) is 3.98. The molecule has 2 aromatic carbocycles. The van der Waals surface area contributed by atoms with Crippen molar-refractivity contribution in [2.24, 2.45) is 0 Å². The third-order valence-electron chi connectivity index (χ3n) is 3.99. The number of aromatic nitrogens is 2. The van der Waals surface area contributed by atoms with Gasteiger partial charge in [0.1, 0.15) is 17.3 Å². The Morgan fingerprint density at radius 2 is 2.00 bits per heavy atom. The van der Waals surface area contributed by atoms with E-state index in [0.717, 1.165) is 21.3 Å². The van der Waals surface area contributed by atoms with E-state index >= 15 is 0 Å². The van der Waals surface area contributed by atoms with Crippen molar-refractivity contribution in [3.05, 3.63) is 52.8 Å². The SMILES string of the molecule is COc1ccc2nc(C(C)NC(=O)C(C)Oc3ccccc3Br)[nH]c2c1. The number of hydrogen-bond donors (Lipinski definition) is 2. The van der Waals surface area contributed by atoms with Gasteiger partial charge in [-0.1, -0.05) is 12.1 Å². The highest BCUT2D eigenvalue weighted by molar-refractivity contribution is 9.10. The average molecular weight is 418 g/mol. The Hall–Kier alpha value is -2.54. The summed E-state index contributed by atoms with van der Waals surface area (Å²) in [5.74, 6) is 1.83. The second-order valence-corrected chi connectivity index (χ2v) is 6.78. The molecular formula is C19H20BrN3O3. The van der Waals surface area contributed by atoms with Crippen LogP contribution < -0.4 is 14.8 Å². The van der Waals surface area contributed by atoms with Crippen LogP contribution in [0.1, 0.15) is 25.7 Å². The molecule has 1 heterocycles. The monoisotopic (exact) mass is 417 g/mol. The van der Waals surface area contributed by atoms with Gasteiger partial charge >= 0.3 is 0 Å². The number of rotatable bonds is 6. The standard InChI is InChI=1S/C19H20BrN3O3/c1-11(18-22-15-9-8-13(25-3)10-16(15)23-18)21-19(24)12(2)26-17-7-5-4-6-14(17)20/h4-12H,1-3H3,(H,21,24)(H,22,23). The summed E-state index contributed by atoms with van der Waals surface area (Å²) in [6.45, 7) is 3.59. The third kappa shape index (κ3) is 3.99. The van der Waals surface area contributed by atoms with Gasteiger partial charge in [0.15, 0.2) is 6.10 Å². The predicted molar refractivity (Wildman–Crippen MR) is 103 cm³/mol. The van der Waals surface area contributed by atoms with E-state index in [9.17, 15) is 4.79 Å². The number of carbonyl (C=O) groups is 1. The van der Waals surface area contributed by atoms with E-state index in [4.69, 9.17) is 9.47 Å². The molecule has 3 rings (SSSR count). The first-order valence-electron chi connectivity index (χ1n) is 8.23. The molecule has 0 bridgehead atoms. The van der Waals surface area contributed by atoms with Crippen LogP contribution in [0.5, 0.6) is 11.5 Å². The highest BCUT2D eigenvalue weighted by Crippen LogP contribution is 2.25. The molecule has 0 fully saturated rings. The van der Waals surface area contributed by atoms with Crippen molar-refractivity contribution in [2.45, 2.75) is 26.0 Å². The molecular weight excluding hydrogens is 398 g/mol. The van der Waals surface area contributed by atoms with Gasteiger partial charge in [-0.3, -0.25) is 4.79 Å². The van der Waals surface area contributed by atoms with Crippen LogP contribution in [-0.2, 0) is 4.79 Å². The first kappa shape index (κ1) is 18.3. The van der Waals surface area contributed by atoms with Gasteiger partial charge in [-0.15, -0.1) is 0 Å². The normalized spacial score (nSPS) is 13.2. The summed E-state index contributed by atoms with van der Waals surface area (Å²) in [7, 11) is 1.62. The van der Waals surface area contributed by atoms with Crippen LogP contribution in [0.2, 0.25) is 0 Å². The van der Waals surface area contributed by atoms with Gasteiger partial charge in [0, 0.05) is 6.07 Å². The summed E-state index contributed by atoms with van der Waals surface area (Å²) < 4.78 is 11.7. The number of carbonyl (C=O) groups excluding carboxylic acids is 1. The Labute approximate surface area is 160 Å². The van der Waals surface area contributed by atoms with Crippen LogP contribution in [0.15, 0.2) is 46.9 Å². The number of halogens is 1. The number of benzene rings is 2. The van der Waals surface area contributed by atoms with Crippen LogP contribution in [-0.4, -0.2) is 29.1 Å². The van der Waals surface area contributed by atoms with Crippen molar-refractivity contribution < 1.29 is 14.3 Å². The van der Waals surface area contributed by atoms with E-state index in [1.807, 2.05) is 49.4 Å². The maximum Gasteiger partial charge on any atom is 0.261 e. The first-order chi connectivity index (χ1) is 12.5. The van der Waals surface area contributed by atoms with Gasteiger partial charge in [-0.05, 0) is 54.0 Å². The molecule has 7 heteroatoms. The zero-order chi connectivity index (χ0) is 18.7. The van der Waals surface area contributed by atoms with Crippen LogP contribution in [0.4, 0.5) is 0 Å². The third-order valence-corrected chi connectivity index (χ3v) is 4.64. The van der Waals surface area contributed by atoms with E-state index < -0.39 is 6.10 Å². The van der Waals surface area contributed by atoms with E-state index in [-0.39, 0.29) is 11.9 Å². The zero-order valence-corrected chi connectivity index (χ0v) is 16.3. The lowest BCUT2D eigenvalue weighted by atomic mass is 10.2. The Balaban J connectivity index is 1.67. The highest BCUT2D eigenvalue weighted by Gasteiger charge is 2.20. The number of nitrogens with zero attached hydrogens (tertiary/aromatic N) is 1. The number of methoxy groups -OCH3 is 1. The minimum absolute atomic E-state index is 0.216. The molecule has 136 valence electrons. The Bertz CT molecular complexity index is 925. The minimum atomic E-state index is -0.638. The van der Waals surface area contributed by atoms with Crippen molar-refractivity contribution in [1.82, 2.24) is 15.3 Å². The molecule has 0 saturated carbocycles. The molecule has 1 amide bonds. The van der Waals surface area contributed by atoms with Gasteiger partial charge in [0.05, 0.1) is 28.7 Å². The Morgan fingerprint density at radius 3 is 2.73 bits per heavy atom. The van der Waals surface area contributed by atoms with E-state index in [0.29, 0.717) is 11.6 Å². The van der Waals surface area contributed by atoms with E-state index in [1.54, 1.807) is 14.0 Å². The topological polar surface area (TPSA) is 76.2 Å². The fourth-order valence-electron chi connectivity index (χ4n) is 2.52. The van der Waals surface area contributed by atoms with Crippen LogP contribution in [0.3, 0.4) is 0 Å². The van der Waals surface area contributed by atoms with E-state index in [1.165, 1.54) is 0 Å². The molecule has 0 spiro atoms. The van der Waals surface area contributed by atoms with Crippen molar-refractivity contribution >= 4 is 32.9 Å². The van der Waals surface area contributed by atoms with Gasteiger partial charge in [0.2, 0.25) is 0 Å². The van der Waals surface area contributed by atoms with Crippen LogP contribution >= 0.6 is 15.9 Å². The Kier molecular flexibility index (Phi) is 5.46. The lowest BCUT2D eigenvalue weighted by molar-refractivity contribution is -0.128. The maximum absolute atomic E-state index is 12.4. The molecule has 2 N–H and O–H groups in total. The summed E-state index contributed by atoms with van der Waals surface area (Å²) in [6.07, 6.45) is -0.638. The fourth-order valence-corrected chi connectivity index (χ4v) is 2.90. The number of hydrogen-bond acceptors (Lipinski definition) is 4. The largest absolute Gasteiger partial charge is 0.497 e. The van der Waals surface area contributed by atoms with Crippen LogP contribution in [0.25, 0.3) is 11.0 Å². The average Bonchev–Trinajstić information content (AvgIpc) is 3.06. The summed E-state index contributed by atoms with van der Waals surface area (Å²) in [6, 6.07) is 12.7. The first-order valence-corrected chi connectivity index (χ1v) is 9.02.